The highest BCUT2D eigenvalue weighted by Gasteiger charge is 2.32. The van der Waals surface area contributed by atoms with Crippen LogP contribution >= 0.6 is 0 Å². The van der Waals surface area contributed by atoms with Crippen molar-refractivity contribution >= 4 is 0 Å². The molecule has 0 unspecified atom stereocenters. The molecule has 1 aromatic rings. The summed E-state index contributed by atoms with van der Waals surface area (Å²) in [5.41, 5.74) is 4.38. The molecule has 0 aliphatic heterocycles. The summed E-state index contributed by atoms with van der Waals surface area (Å²) < 4.78 is 39.9. The minimum atomic E-state index is -4.89. The van der Waals surface area contributed by atoms with Crippen molar-refractivity contribution in [1.29, 1.82) is 5.26 Å². The number of nitriles is 1. The maximum absolute atomic E-state index is 12.1. The maximum Gasteiger partial charge on any atom is 0.573 e. The van der Waals surface area contributed by atoms with E-state index in [2.05, 4.69) is 9.72 Å². The lowest BCUT2D eigenvalue weighted by Crippen LogP contribution is -2.23. The van der Waals surface area contributed by atoms with Crippen LogP contribution in [0.5, 0.6) is 5.75 Å². The van der Waals surface area contributed by atoms with Crippen LogP contribution in [-0.4, -0.2) is 11.3 Å². The van der Waals surface area contributed by atoms with E-state index in [0.717, 1.165) is 6.20 Å². The average molecular weight is 247 g/mol. The number of rotatable bonds is 3. The van der Waals surface area contributed by atoms with Gasteiger partial charge in [0.05, 0.1) is 12.5 Å². The Morgan fingerprint density at radius 3 is 2.59 bits per heavy atom. The molecule has 0 aliphatic rings. The van der Waals surface area contributed by atoms with E-state index >= 15 is 0 Å². The molecule has 1 rings (SSSR count). The zero-order valence-electron chi connectivity index (χ0n) is 8.47. The molecular weight excluding hydrogens is 239 g/mol. The molecule has 0 fully saturated rings. The summed E-state index contributed by atoms with van der Waals surface area (Å²) in [5, 5.41) is 8.51. The number of halogens is 3. The van der Waals surface area contributed by atoms with E-state index in [1.165, 1.54) is 0 Å². The molecule has 1 aromatic heterocycles. The van der Waals surface area contributed by atoms with Crippen LogP contribution in [0.15, 0.2) is 11.0 Å². The summed E-state index contributed by atoms with van der Waals surface area (Å²) in [6, 6.07) is 1.66. The number of nitrogens with zero attached hydrogens (tertiary/aromatic N) is 1. The molecule has 0 amide bonds. The molecule has 0 atom stereocenters. The van der Waals surface area contributed by atoms with Crippen molar-refractivity contribution < 1.29 is 17.9 Å². The normalized spacial score (nSPS) is 11.0. The number of aromatic nitrogens is 1. The highest BCUT2D eigenvalue weighted by molar-refractivity contribution is 5.39. The summed E-state index contributed by atoms with van der Waals surface area (Å²) in [7, 11) is 0. The Morgan fingerprint density at radius 2 is 2.12 bits per heavy atom. The summed E-state index contributed by atoms with van der Waals surface area (Å²) in [4.78, 5) is 13.4. The van der Waals surface area contributed by atoms with Gasteiger partial charge in [0.1, 0.15) is 5.75 Å². The summed E-state index contributed by atoms with van der Waals surface area (Å²) in [6.45, 7) is -0.276. The monoisotopic (exact) mass is 247 g/mol. The van der Waals surface area contributed by atoms with Crippen molar-refractivity contribution in [2.45, 2.75) is 19.3 Å². The van der Waals surface area contributed by atoms with Crippen LogP contribution in [-0.2, 0) is 13.0 Å². The first-order valence-electron chi connectivity index (χ1n) is 4.45. The summed E-state index contributed by atoms with van der Waals surface area (Å²) in [5.74, 6) is -0.612. The van der Waals surface area contributed by atoms with Gasteiger partial charge in [-0.05, 0) is 0 Å². The van der Waals surface area contributed by atoms with Gasteiger partial charge in [0.25, 0.3) is 5.56 Å². The number of hydrogen-bond donors (Lipinski definition) is 2. The number of alkyl halides is 3. The minimum absolute atomic E-state index is 0.0895. The van der Waals surface area contributed by atoms with Crippen LogP contribution in [0.2, 0.25) is 0 Å². The number of ether oxygens (including phenoxy) is 1. The van der Waals surface area contributed by atoms with E-state index in [-0.39, 0.29) is 24.1 Å². The van der Waals surface area contributed by atoms with Gasteiger partial charge in [-0.2, -0.15) is 5.26 Å². The molecule has 0 aromatic carbocycles. The third-order valence-electron chi connectivity index (χ3n) is 1.96. The van der Waals surface area contributed by atoms with E-state index < -0.39 is 17.7 Å². The van der Waals surface area contributed by atoms with Gasteiger partial charge in [0.15, 0.2) is 0 Å². The number of H-pyrrole nitrogens is 1. The fourth-order valence-electron chi connectivity index (χ4n) is 1.30. The van der Waals surface area contributed by atoms with Gasteiger partial charge in [0.2, 0.25) is 0 Å². The van der Waals surface area contributed by atoms with Crippen LogP contribution in [0.25, 0.3) is 0 Å². The van der Waals surface area contributed by atoms with Gasteiger partial charge in [-0.25, -0.2) is 0 Å². The zero-order valence-corrected chi connectivity index (χ0v) is 8.47. The van der Waals surface area contributed by atoms with Gasteiger partial charge in [0, 0.05) is 23.9 Å². The topological polar surface area (TPSA) is 91.9 Å². The summed E-state index contributed by atoms with van der Waals surface area (Å²) in [6.07, 6.45) is -4.52. The third kappa shape index (κ3) is 3.22. The Bertz CT molecular complexity index is 502. The van der Waals surface area contributed by atoms with Crippen molar-refractivity contribution in [3.05, 3.63) is 27.7 Å². The molecule has 1 heterocycles. The van der Waals surface area contributed by atoms with Crippen molar-refractivity contribution in [2.24, 2.45) is 5.73 Å². The SMILES string of the molecule is N#CCc1c(OC(F)(F)F)c[nH]c(=O)c1CN. The maximum atomic E-state index is 12.1. The Hall–Kier alpha value is -2.01. The largest absolute Gasteiger partial charge is 0.573 e. The number of pyridine rings is 1. The molecule has 0 saturated carbocycles. The first-order valence-corrected chi connectivity index (χ1v) is 4.45. The standard InChI is InChI=1S/C9H8F3N3O2/c10-9(11,12)17-7-4-15-8(16)6(3-14)5(7)1-2-13/h4H,1,3,14H2,(H,15,16). The number of nitrogens with one attached hydrogen (secondary N) is 1. The van der Waals surface area contributed by atoms with E-state index in [1.807, 2.05) is 0 Å². The molecule has 0 aliphatic carbocycles. The first-order chi connectivity index (χ1) is 7.89. The van der Waals surface area contributed by atoms with Crippen molar-refractivity contribution in [1.82, 2.24) is 4.98 Å². The number of hydrogen-bond acceptors (Lipinski definition) is 4. The van der Waals surface area contributed by atoms with Gasteiger partial charge >= 0.3 is 6.36 Å². The predicted octanol–water partition coefficient (Wildman–Crippen LogP) is 0.798. The quantitative estimate of drug-likeness (QED) is 0.826. The Balaban J connectivity index is 3.31. The van der Waals surface area contributed by atoms with Crippen LogP contribution in [0.3, 0.4) is 0 Å². The van der Waals surface area contributed by atoms with Gasteiger partial charge in [-0.1, -0.05) is 0 Å². The first kappa shape index (κ1) is 13.1. The molecule has 92 valence electrons. The molecule has 3 N–H and O–H groups in total. The molecule has 17 heavy (non-hydrogen) atoms. The van der Waals surface area contributed by atoms with E-state index in [9.17, 15) is 18.0 Å². The second-order valence-electron chi connectivity index (χ2n) is 3.03. The van der Waals surface area contributed by atoms with Gasteiger partial charge < -0.3 is 15.5 Å². The van der Waals surface area contributed by atoms with Crippen LogP contribution in [0, 0.1) is 11.3 Å². The molecular formula is C9H8F3N3O2. The fraction of sp³-hybridized carbons (Fsp3) is 0.333. The number of aromatic amines is 1. The Kier molecular flexibility index (Phi) is 3.75. The van der Waals surface area contributed by atoms with Crippen molar-refractivity contribution in [3.63, 3.8) is 0 Å². The van der Waals surface area contributed by atoms with Crippen molar-refractivity contribution in [2.75, 3.05) is 0 Å². The molecule has 8 heteroatoms. The lowest BCUT2D eigenvalue weighted by Gasteiger charge is -2.13. The molecule has 0 bridgehead atoms. The number of nitrogens with two attached hydrogens (primary N) is 1. The molecule has 0 radical (unpaired) electrons. The van der Waals surface area contributed by atoms with E-state index in [1.54, 1.807) is 6.07 Å². The van der Waals surface area contributed by atoms with Crippen LogP contribution in [0.4, 0.5) is 13.2 Å². The lowest BCUT2D eigenvalue weighted by atomic mass is 10.1. The van der Waals surface area contributed by atoms with Crippen molar-refractivity contribution in [3.8, 4) is 11.8 Å². The van der Waals surface area contributed by atoms with E-state index in [4.69, 9.17) is 11.0 Å². The highest BCUT2D eigenvalue weighted by atomic mass is 19.4. The minimum Gasteiger partial charge on any atom is -0.404 e. The Morgan fingerprint density at radius 1 is 1.47 bits per heavy atom. The Labute approximate surface area is 93.6 Å². The van der Waals surface area contributed by atoms with Crippen LogP contribution < -0.4 is 16.0 Å². The average Bonchev–Trinajstić information content (AvgIpc) is 2.21. The molecule has 5 nitrogen and oxygen atoms in total. The second kappa shape index (κ2) is 4.88. The zero-order chi connectivity index (χ0) is 13.1. The highest BCUT2D eigenvalue weighted by Crippen LogP contribution is 2.26. The lowest BCUT2D eigenvalue weighted by molar-refractivity contribution is -0.275. The summed E-state index contributed by atoms with van der Waals surface area (Å²) >= 11 is 0. The smallest absolute Gasteiger partial charge is 0.404 e. The van der Waals surface area contributed by atoms with Gasteiger partial charge in [-0.15, -0.1) is 13.2 Å². The third-order valence-corrected chi connectivity index (χ3v) is 1.96. The predicted molar refractivity (Wildman–Crippen MR) is 51.0 cm³/mol. The van der Waals surface area contributed by atoms with Crippen LogP contribution in [0.1, 0.15) is 11.1 Å². The van der Waals surface area contributed by atoms with E-state index in [0.29, 0.717) is 0 Å². The fourth-order valence-corrected chi connectivity index (χ4v) is 1.30. The second-order valence-corrected chi connectivity index (χ2v) is 3.03. The van der Waals surface area contributed by atoms with Gasteiger partial charge in [-0.3, -0.25) is 4.79 Å². The molecule has 0 saturated heterocycles. The molecule has 0 spiro atoms.